The predicted octanol–water partition coefficient (Wildman–Crippen LogP) is 1.46. The summed E-state index contributed by atoms with van der Waals surface area (Å²) in [7, 11) is 0. The molecule has 3 nitrogen and oxygen atoms in total. The third-order valence-electron chi connectivity index (χ3n) is 1.64. The lowest BCUT2D eigenvalue weighted by atomic mass is 10.1. The molecule has 0 saturated carbocycles. The summed E-state index contributed by atoms with van der Waals surface area (Å²) in [5, 5.41) is 17.7. The highest BCUT2D eigenvalue weighted by atomic mass is 35.5. The minimum atomic E-state index is -0.918. The number of aliphatic hydroxyl groups is 1. The van der Waals surface area contributed by atoms with Crippen LogP contribution in [0.4, 0.5) is 0 Å². The van der Waals surface area contributed by atoms with E-state index in [-0.39, 0.29) is 13.0 Å². The van der Waals surface area contributed by atoms with Crippen molar-refractivity contribution in [2.24, 2.45) is 0 Å². The van der Waals surface area contributed by atoms with E-state index in [1.165, 1.54) is 0 Å². The van der Waals surface area contributed by atoms with Crippen LogP contribution in [0.25, 0.3) is 0 Å². The first-order valence-corrected chi connectivity index (χ1v) is 4.11. The molecule has 1 aromatic rings. The number of carboxylic acids is 1. The molecule has 0 atom stereocenters. The number of hydrogen-bond acceptors (Lipinski definition) is 2. The third kappa shape index (κ3) is 2.72. The average molecular weight is 201 g/mol. The van der Waals surface area contributed by atoms with Crippen LogP contribution >= 0.6 is 11.6 Å². The normalized spacial score (nSPS) is 10.0. The van der Waals surface area contributed by atoms with Gasteiger partial charge in [0.25, 0.3) is 0 Å². The first-order valence-electron chi connectivity index (χ1n) is 3.73. The molecule has 13 heavy (non-hydrogen) atoms. The Balaban J connectivity index is 2.91. The van der Waals surface area contributed by atoms with E-state index in [1.54, 1.807) is 18.2 Å². The largest absolute Gasteiger partial charge is 0.481 e. The summed E-state index contributed by atoms with van der Waals surface area (Å²) >= 11 is 5.78. The van der Waals surface area contributed by atoms with Crippen molar-refractivity contribution in [3.63, 3.8) is 0 Å². The monoisotopic (exact) mass is 200 g/mol. The van der Waals surface area contributed by atoms with Crippen LogP contribution in [-0.4, -0.2) is 16.2 Å². The van der Waals surface area contributed by atoms with Crippen molar-refractivity contribution in [1.29, 1.82) is 0 Å². The maximum Gasteiger partial charge on any atom is 0.307 e. The first-order chi connectivity index (χ1) is 6.13. The smallest absolute Gasteiger partial charge is 0.307 e. The molecule has 0 unspecified atom stereocenters. The lowest BCUT2D eigenvalue weighted by molar-refractivity contribution is -0.136. The van der Waals surface area contributed by atoms with Crippen molar-refractivity contribution in [3.05, 3.63) is 34.3 Å². The SMILES string of the molecule is O=C(O)Cc1ccc(CO)cc1Cl. The first kappa shape index (κ1) is 10.0. The Morgan fingerprint density at radius 1 is 1.46 bits per heavy atom. The molecule has 1 rings (SSSR count). The number of hydrogen-bond donors (Lipinski definition) is 2. The summed E-state index contributed by atoms with van der Waals surface area (Å²) in [6.45, 7) is -0.0902. The minimum absolute atomic E-state index is 0.0902. The van der Waals surface area contributed by atoms with Gasteiger partial charge in [0.2, 0.25) is 0 Å². The van der Waals surface area contributed by atoms with Crippen LogP contribution in [0.1, 0.15) is 11.1 Å². The lowest BCUT2D eigenvalue weighted by Crippen LogP contribution is -2.00. The average Bonchev–Trinajstić information content (AvgIpc) is 2.08. The number of halogens is 1. The van der Waals surface area contributed by atoms with Gasteiger partial charge in [-0.15, -0.1) is 0 Å². The van der Waals surface area contributed by atoms with Gasteiger partial charge in [-0.1, -0.05) is 23.7 Å². The van der Waals surface area contributed by atoms with Gasteiger partial charge in [-0.2, -0.15) is 0 Å². The highest BCUT2D eigenvalue weighted by molar-refractivity contribution is 6.31. The molecule has 0 fully saturated rings. The van der Waals surface area contributed by atoms with Crippen molar-refractivity contribution >= 4 is 17.6 Å². The molecule has 0 heterocycles. The fourth-order valence-corrected chi connectivity index (χ4v) is 1.27. The van der Waals surface area contributed by atoms with Gasteiger partial charge in [0.05, 0.1) is 13.0 Å². The zero-order valence-corrected chi connectivity index (χ0v) is 7.58. The van der Waals surface area contributed by atoms with Crippen LogP contribution in [0.15, 0.2) is 18.2 Å². The number of carboxylic acid groups (broad SMARTS) is 1. The Labute approximate surface area is 80.6 Å². The van der Waals surface area contributed by atoms with E-state index in [4.69, 9.17) is 21.8 Å². The summed E-state index contributed by atoms with van der Waals surface area (Å²) in [5.74, 6) is -0.918. The number of benzene rings is 1. The van der Waals surface area contributed by atoms with E-state index in [0.29, 0.717) is 16.1 Å². The molecule has 0 amide bonds. The van der Waals surface area contributed by atoms with Gasteiger partial charge in [-0.25, -0.2) is 0 Å². The number of carbonyl (C=O) groups is 1. The molecule has 1 aromatic carbocycles. The molecule has 0 spiro atoms. The van der Waals surface area contributed by atoms with E-state index < -0.39 is 5.97 Å². The second kappa shape index (κ2) is 4.25. The molecule has 2 N–H and O–H groups in total. The Morgan fingerprint density at radius 2 is 2.15 bits per heavy atom. The quantitative estimate of drug-likeness (QED) is 0.777. The van der Waals surface area contributed by atoms with Crippen molar-refractivity contribution in [2.75, 3.05) is 0 Å². The number of rotatable bonds is 3. The summed E-state index contributed by atoms with van der Waals surface area (Å²) in [6.07, 6.45) is -0.0927. The molecule has 4 heteroatoms. The summed E-state index contributed by atoms with van der Waals surface area (Å²) in [4.78, 5) is 10.4. The molecule has 0 aliphatic heterocycles. The Kier molecular flexibility index (Phi) is 3.28. The molecule has 0 radical (unpaired) electrons. The maximum absolute atomic E-state index is 10.4. The van der Waals surface area contributed by atoms with Crippen LogP contribution < -0.4 is 0 Å². The van der Waals surface area contributed by atoms with Gasteiger partial charge in [0.1, 0.15) is 0 Å². The zero-order valence-electron chi connectivity index (χ0n) is 6.83. The van der Waals surface area contributed by atoms with Gasteiger partial charge in [-0.3, -0.25) is 4.79 Å². The zero-order chi connectivity index (χ0) is 9.84. The number of aliphatic hydroxyl groups excluding tert-OH is 1. The van der Waals surface area contributed by atoms with E-state index in [0.717, 1.165) is 0 Å². The van der Waals surface area contributed by atoms with Crippen molar-refractivity contribution in [2.45, 2.75) is 13.0 Å². The third-order valence-corrected chi connectivity index (χ3v) is 1.99. The molecular weight excluding hydrogens is 192 g/mol. The number of aliphatic carboxylic acids is 1. The minimum Gasteiger partial charge on any atom is -0.481 e. The molecular formula is C9H9ClO3. The highest BCUT2D eigenvalue weighted by Crippen LogP contribution is 2.18. The molecule has 0 aliphatic rings. The molecule has 70 valence electrons. The van der Waals surface area contributed by atoms with Crippen molar-refractivity contribution in [3.8, 4) is 0 Å². The standard InChI is InChI=1S/C9H9ClO3/c10-8-3-6(5-11)1-2-7(8)4-9(12)13/h1-3,11H,4-5H2,(H,12,13). The van der Waals surface area contributed by atoms with Gasteiger partial charge in [0, 0.05) is 5.02 Å². The fraction of sp³-hybridized carbons (Fsp3) is 0.222. The van der Waals surface area contributed by atoms with Gasteiger partial charge >= 0.3 is 5.97 Å². The Hall–Kier alpha value is -1.06. The topological polar surface area (TPSA) is 57.5 Å². The van der Waals surface area contributed by atoms with E-state index in [9.17, 15) is 4.79 Å². The summed E-state index contributed by atoms with van der Waals surface area (Å²) in [6, 6.07) is 4.84. The Bertz CT molecular complexity index is 323. The summed E-state index contributed by atoms with van der Waals surface area (Å²) in [5.41, 5.74) is 1.24. The van der Waals surface area contributed by atoms with E-state index in [1.807, 2.05) is 0 Å². The summed E-state index contributed by atoms with van der Waals surface area (Å²) < 4.78 is 0. The second-order valence-electron chi connectivity index (χ2n) is 2.65. The maximum atomic E-state index is 10.4. The molecule has 0 aliphatic carbocycles. The predicted molar refractivity (Wildman–Crippen MR) is 48.7 cm³/mol. The highest BCUT2D eigenvalue weighted by Gasteiger charge is 2.05. The van der Waals surface area contributed by atoms with Crippen molar-refractivity contribution < 1.29 is 15.0 Å². The van der Waals surface area contributed by atoms with Crippen LogP contribution in [0.3, 0.4) is 0 Å². The van der Waals surface area contributed by atoms with Crippen molar-refractivity contribution in [1.82, 2.24) is 0 Å². The van der Waals surface area contributed by atoms with E-state index >= 15 is 0 Å². The van der Waals surface area contributed by atoms with Crippen LogP contribution in [0.5, 0.6) is 0 Å². The lowest BCUT2D eigenvalue weighted by Gasteiger charge is -2.02. The molecule has 0 aromatic heterocycles. The fourth-order valence-electron chi connectivity index (χ4n) is 0.995. The van der Waals surface area contributed by atoms with Crippen LogP contribution in [-0.2, 0) is 17.8 Å². The van der Waals surface area contributed by atoms with Gasteiger partial charge in [-0.05, 0) is 17.2 Å². The van der Waals surface area contributed by atoms with Crippen LogP contribution in [0, 0.1) is 0 Å². The Morgan fingerprint density at radius 3 is 2.62 bits per heavy atom. The molecule has 0 saturated heterocycles. The van der Waals surface area contributed by atoms with Crippen LogP contribution in [0.2, 0.25) is 5.02 Å². The van der Waals surface area contributed by atoms with Gasteiger partial charge in [0.15, 0.2) is 0 Å². The van der Waals surface area contributed by atoms with Gasteiger partial charge < -0.3 is 10.2 Å². The molecule has 0 bridgehead atoms. The second-order valence-corrected chi connectivity index (χ2v) is 3.06. The van der Waals surface area contributed by atoms with E-state index in [2.05, 4.69) is 0 Å².